The summed E-state index contributed by atoms with van der Waals surface area (Å²) in [5.74, 6) is -0.294. The van der Waals surface area contributed by atoms with Gasteiger partial charge in [-0.1, -0.05) is 43.7 Å². The SMILES string of the molecule is Cc1ccc(-c2csc(NC(=O)COC(=O)CCC(C)C)n2)cc1. The molecule has 0 bridgehead atoms. The summed E-state index contributed by atoms with van der Waals surface area (Å²) in [5.41, 5.74) is 2.99. The van der Waals surface area contributed by atoms with E-state index < -0.39 is 0 Å². The Morgan fingerprint density at radius 2 is 1.96 bits per heavy atom. The average molecular weight is 346 g/mol. The van der Waals surface area contributed by atoms with Crippen LogP contribution in [0.1, 0.15) is 32.3 Å². The van der Waals surface area contributed by atoms with Crippen LogP contribution in [0, 0.1) is 12.8 Å². The third-order valence-corrected chi connectivity index (χ3v) is 4.15. The van der Waals surface area contributed by atoms with Crippen LogP contribution in [0.5, 0.6) is 0 Å². The van der Waals surface area contributed by atoms with Crippen molar-refractivity contribution >= 4 is 28.3 Å². The van der Waals surface area contributed by atoms with E-state index in [2.05, 4.69) is 10.3 Å². The second-order valence-corrected chi connectivity index (χ2v) is 6.90. The number of rotatable bonds is 7. The van der Waals surface area contributed by atoms with Crippen molar-refractivity contribution in [3.05, 3.63) is 35.2 Å². The topological polar surface area (TPSA) is 68.3 Å². The third kappa shape index (κ3) is 5.77. The number of anilines is 1. The molecular formula is C18H22N2O3S. The van der Waals surface area contributed by atoms with Crippen molar-refractivity contribution in [2.45, 2.75) is 33.6 Å². The van der Waals surface area contributed by atoms with Crippen LogP contribution in [0.25, 0.3) is 11.3 Å². The first-order valence-corrected chi connectivity index (χ1v) is 8.80. The molecule has 0 aliphatic carbocycles. The van der Waals surface area contributed by atoms with E-state index >= 15 is 0 Å². The summed E-state index contributed by atoms with van der Waals surface area (Å²) in [6.07, 6.45) is 1.09. The number of ether oxygens (including phenoxy) is 1. The second kappa shape index (κ2) is 8.59. The molecule has 0 fully saturated rings. The molecule has 5 nitrogen and oxygen atoms in total. The highest BCUT2D eigenvalue weighted by Gasteiger charge is 2.11. The predicted molar refractivity (Wildman–Crippen MR) is 95.9 cm³/mol. The summed E-state index contributed by atoms with van der Waals surface area (Å²) >= 11 is 1.34. The predicted octanol–water partition coefficient (Wildman–Crippen LogP) is 4.04. The zero-order chi connectivity index (χ0) is 17.5. The standard InChI is InChI=1S/C18H22N2O3S/c1-12(2)4-9-17(22)23-10-16(21)20-18-19-15(11-24-18)14-7-5-13(3)6-8-14/h5-8,11-12H,4,9-10H2,1-3H3,(H,19,20,21). The number of hydrogen-bond acceptors (Lipinski definition) is 5. The van der Waals surface area contributed by atoms with Crippen LogP contribution in [0.3, 0.4) is 0 Å². The van der Waals surface area contributed by atoms with Gasteiger partial charge in [-0.2, -0.15) is 0 Å². The van der Waals surface area contributed by atoms with Gasteiger partial charge in [-0.15, -0.1) is 11.3 Å². The van der Waals surface area contributed by atoms with Crippen LogP contribution >= 0.6 is 11.3 Å². The summed E-state index contributed by atoms with van der Waals surface area (Å²) in [7, 11) is 0. The van der Waals surface area contributed by atoms with Gasteiger partial charge in [0.25, 0.3) is 5.91 Å². The molecule has 0 unspecified atom stereocenters. The van der Waals surface area contributed by atoms with Crippen molar-refractivity contribution < 1.29 is 14.3 Å². The van der Waals surface area contributed by atoms with Gasteiger partial charge in [0.15, 0.2) is 11.7 Å². The third-order valence-electron chi connectivity index (χ3n) is 3.39. The van der Waals surface area contributed by atoms with Crippen LogP contribution in [0.4, 0.5) is 5.13 Å². The number of amides is 1. The zero-order valence-electron chi connectivity index (χ0n) is 14.2. The van der Waals surface area contributed by atoms with Gasteiger partial charge in [0.1, 0.15) is 0 Å². The first-order valence-electron chi connectivity index (χ1n) is 7.92. The molecule has 2 aromatic rings. The van der Waals surface area contributed by atoms with Gasteiger partial charge in [0.2, 0.25) is 0 Å². The number of thiazole rings is 1. The molecule has 0 saturated heterocycles. The minimum Gasteiger partial charge on any atom is -0.456 e. The Bertz CT molecular complexity index is 693. The van der Waals surface area contributed by atoms with E-state index in [1.165, 1.54) is 16.9 Å². The van der Waals surface area contributed by atoms with Crippen molar-refractivity contribution in [1.29, 1.82) is 0 Å². The smallest absolute Gasteiger partial charge is 0.306 e. The molecular weight excluding hydrogens is 324 g/mol. The molecule has 128 valence electrons. The molecule has 0 radical (unpaired) electrons. The number of nitrogens with zero attached hydrogens (tertiary/aromatic N) is 1. The van der Waals surface area contributed by atoms with E-state index in [0.717, 1.165) is 17.7 Å². The number of carbonyl (C=O) groups is 2. The highest BCUT2D eigenvalue weighted by Crippen LogP contribution is 2.25. The van der Waals surface area contributed by atoms with Crippen molar-refractivity contribution in [2.24, 2.45) is 5.92 Å². The number of aromatic nitrogens is 1. The van der Waals surface area contributed by atoms with Crippen LogP contribution in [-0.4, -0.2) is 23.5 Å². The first-order chi connectivity index (χ1) is 11.4. The van der Waals surface area contributed by atoms with Crippen LogP contribution in [0.15, 0.2) is 29.6 Å². The minimum atomic E-state index is -0.377. The van der Waals surface area contributed by atoms with E-state index in [-0.39, 0.29) is 18.5 Å². The largest absolute Gasteiger partial charge is 0.456 e. The molecule has 0 spiro atoms. The zero-order valence-corrected chi connectivity index (χ0v) is 15.0. The average Bonchev–Trinajstić information content (AvgIpc) is 3.00. The molecule has 6 heteroatoms. The molecule has 1 N–H and O–H groups in total. The lowest BCUT2D eigenvalue weighted by Crippen LogP contribution is -2.20. The van der Waals surface area contributed by atoms with E-state index in [9.17, 15) is 9.59 Å². The molecule has 0 atom stereocenters. The maximum atomic E-state index is 11.8. The normalized spacial score (nSPS) is 10.7. The van der Waals surface area contributed by atoms with Gasteiger partial charge in [-0.3, -0.25) is 14.9 Å². The highest BCUT2D eigenvalue weighted by molar-refractivity contribution is 7.14. The van der Waals surface area contributed by atoms with Crippen molar-refractivity contribution in [2.75, 3.05) is 11.9 Å². The van der Waals surface area contributed by atoms with Crippen molar-refractivity contribution in [3.8, 4) is 11.3 Å². The number of aryl methyl sites for hydroxylation is 1. The van der Waals surface area contributed by atoms with Crippen molar-refractivity contribution in [3.63, 3.8) is 0 Å². The molecule has 1 amide bonds. The summed E-state index contributed by atoms with van der Waals surface area (Å²) < 4.78 is 4.96. The second-order valence-electron chi connectivity index (χ2n) is 6.05. The Morgan fingerprint density at radius 1 is 1.25 bits per heavy atom. The fourth-order valence-electron chi connectivity index (χ4n) is 1.97. The Balaban J connectivity index is 1.82. The Morgan fingerprint density at radius 3 is 2.62 bits per heavy atom. The fourth-order valence-corrected chi connectivity index (χ4v) is 2.70. The minimum absolute atomic E-state index is 0.281. The lowest BCUT2D eigenvalue weighted by Gasteiger charge is -2.06. The number of carbonyl (C=O) groups excluding carboxylic acids is 2. The lowest BCUT2D eigenvalue weighted by molar-refractivity contribution is -0.147. The maximum Gasteiger partial charge on any atom is 0.306 e. The number of hydrogen-bond donors (Lipinski definition) is 1. The van der Waals surface area contributed by atoms with E-state index in [4.69, 9.17) is 4.74 Å². The number of nitrogens with one attached hydrogen (secondary N) is 1. The lowest BCUT2D eigenvalue weighted by atomic mass is 10.1. The van der Waals surface area contributed by atoms with Crippen LogP contribution < -0.4 is 5.32 Å². The molecule has 1 aromatic carbocycles. The molecule has 2 rings (SSSR count). The van der Waals surface area contributed by atoms with Gasteiger partial charge in [0.05, 0.1) is 5.69 Å². The van der Waals surface area contributed by atoms with Gasteiger partial charge < -0.3 is 4.74 Å². The quantitative estimate of drug-likeness (QED) is 0.768. The van der Waals surface area contributed by atoms with Gasteiger partial charge >= 0.3 is 5.97 Å². The summed E-state index contributed by atoms with van der Waals surface area (Å²) in [6, 6.07) is 8.02. The Kier molecular flexibility index (Phi) is 6.49. The highest BCUT2D eigenvalue weighted by atomic mass is 32.1. The van der Waals surface area contributed by atoms with E-state index in [0.29, 0.717) is 17.5 Å². The molecule has 0 aliphatic heterocycles. The maximum absolute atomic E-state index is 11.8. The molecule has 1 aromatic heterocycles. The van der Waals surface area contributed by atoms with Crippen LogP contribution in [0.2, 0.25) is 0 Å². The molecule has 1 heterocycles. The van der Waals surface area contributed by atoms with Gasteiger partial charge in [-0.25, -0.2) is 4.98 Å². The molecule has 24 heavy (non-hydrogen) atoms. The number of esters is 1. The summed E-state index contributed by atoms with van der Waals surface area (Å²) in [4.78, 5) is 27.7. The summed E-state index contributed by atoms with van der Waals surface area (Å²) in [5, 5.41) is 5.03. The van der Waals surface area contributed by atoms with E-state index in [1.54, 1.807) is 0 Å². The van der Waals surface area contributed by atoms with Gasteiger partial charge in [0, 0.05) is 17.4 Å². The number of benzene rings is 1. The fraction of sp³-hybridized carbons (Fsp3) is 0.389. The van der Waals surface area contributed by atoms with Crippen LogP contribution in [-0.2, 0) is 14.3 Å². The van der Waals surface area contributed by atoms with Gasteiger partial charge in [-0.05, 0) is 19.3 Å². The Labute approximate surface area is 146 Å². The van der Waals surface area contributed by atoms with Crippen molar-refractivity contribution in [1.82, 2.24) is 4.98 Å². The first kappa shape index (κ1) is 18.1. The summed E-state index contributed by atoms with van der Waals surface area (Å²) in [6.45, 7) is 5.82. The monoisotopic (exact) mass is 346 g/mol. The Hall–Kier alpha value is -2.21. The van der Waals surface area contributed by atoms with E-state index in [1.807, 2.05) is 50.4 Å². The molecule has 0 aliphatic rings. The molecule has 0 saturated carbocycles.